The minimum Gasteiger partial charge on any atom is -0.358 e. The molecule has 0 amide bonds. The molecule has 0 radical (unpaired) electrons. The molecule has 0 unspecified atom stereocenters. The molecule has 0 bridgehead atoms. The molecule has 1 N–H and O–H groups in total. The second-order valence-electron chi connectivity index (χ2n) is 5.41. The molecule has 0 aliphatic rings. The van der Waals surface area contributed by atoms with Crippen molar-refractivity contribution in [2.75, 3.05) is 5.32 Å². The number of rotatable bonds is 5. The zero-order valence-corrected chi connectivity index (χ0v) is 13.4. The van der Waals surface area contributed by atoms with Gasteiger partial charge in [0.05, 0.1) is 0 Å². The maximum absolute atomic E-state index is 11.8. The number of benzene rings is 1. The summed E-state index contributed by atoms with van der Waals surface area (Å²) in [6.45, 7) is 3.94. The van der Waals surface area contributed by atoms with Gasteiger partial charge in [0.15, 0.2) is 0 Å². The van der Waals surface area contributed by atoms with Crippen molar-refractivity contribution >= 4 is 21.4 Å². The third-order valence-corrected chi connectivity index (χ3v) is 4.29. The Morgan fingerprint density at radius 2 is 2.09 bits per heavy atom. The molecule has 6 heteroatoms. The second-order valence-corrected chi connectivity index (χ2v) is 6.36. The Kier molecular flexibility index (Phi) is 4.20. The summed E-state index contributed by atoms with van der Waals surface area (Å²) in [6.07, 6.45) is 2.01. The first kappa shape index (κ1) is 14.7. The van der Waals surface area contributed by atoms with Gasteiger partial charge >= 0.3 is 0 Å². The van der Waals surface area contributed by atoms with Gasteiger partial charge in [-0.2, -0.15) is 4.52 Å². The fourth-order valence-corrected chi connectivity index (χ4v) is 3.25. The van der Waals surface area contributed by atoms with E-state index in [2.05, 4.69) is 46.6 Å². The molecule has 114 valence electrons. The Morgan fingerprint density at radius 1 is 1.32 bits per heavy atom. The van der Waals surface area contributed by atoms with E-state index in [4.69, 9.17) is 0 Å². The summed E-state index contributed by atoms with van der Waals surface area (Å²) in [5.74, 6) is 0. The van der Waals surface area contributed by atoms with Crippen LogP contribution in [0.15, 0.2) is 41.2 Å². The molecule has 0 fully saturated rings. The maximum Gasteiger partial charge on any atom is 0.275 e. The van der Waals surface area contributed by atoms with Crippen LogP contribution in [-0.2, 0) is 6.42 Å². The van der Waals surface area contributed by atoms with Crippen LogP contribution in [0, 0.1) is 6.92 Å². The maximum atomic E-state index is 11.8. The first-order valence-electron chi connectivity index (χ1n) is 7.30. The highest BCUT2D eigenvalue weighted by molar-refractivity contribution is 7.20. The molecule has 1 aromatic carbocycles. The highest BCUT2D eigenvalue weighted by atomic mass is 32.1. The average Bonchev–Trinajstić information content (AvgIpc) is 2.89. The summed E-state index contributed by atoms with van der Waals surface area (Å²) in [5, 5.41) is 8.39. The fraction of sp³-hybridized carbons (Fsp3) is 0.312. The monoisotopic (exact) mass is 314 g/mol. The van der Waals surface area contributed by atoms with Crippen molar-refractivity contribution in [2.45, 2.75) is 32.7 Å². The highest BCUT2D eigenvalue weighted by Gasteiger charge is 2.10. The molecule has 0 saturated carbocycles. The van der Waals surface area contributed by atoms with Crippen molar-refractivity contribution < 1.29 is 0 Å². The molecule has 0 aliphatic carbocycles. The molecule has 0 spiro atoms. The Labute approximate surface area is 132 Å². The predicted molar refractivity (Wildman–Crippen MR) is 89.7 cm³/mol. The van der Waals surface area contributed by atoms with Crippen LogP contribution in [0.4, 0.5) is 5.13 Å². The van der Waals surface area contributed by atoms with E-state index in [0.29, 0.717) is 4.96 Å². The van der Waals surface area contributed by atoms with Crippen molar-refractivity contribution in [3.05, 3.63) is 58.0 Å². The van der Waals surface area contributed by atoms with Gasteiger partial charge in [-0.1, -0.05) is 41.7 Å². The largest absolute Gasteiger partial charge is 0.358 e. The van der Waals surface area contributed by atoms with Gasteiger partial charge in [0.1, 0.15) is 0 Å². The molecular formula is C16H18N4OS. The van der Waals surface area contributed by atoms with E-state index in [9.17, 15) is 4.79 Å². The van der Waals surface area contributed by atoms with Crippen LogP contribution in [0.2, 0.25) is 0 Å². The number of hydrogen-bond acceptors (Lipinski definition) is 5. The average molecular weight is 314 g/mol. The quantitative estimate of drug-likeness (QED) is 0.786. The van der Waals surface area contributed by atoms with Gasteiger partial charge in [0.25, 0.3) is 5.56 Å². The molecule has 1 atom stereocenters. The van der Waals surface area contributed by atoms with Crippen molar-refractivity contribution in [1.29, 1.82) is 0 Å². The van der Waals surface area contributed by atoms with Crippen LogP contribution in [0.1, 0.15) is 24.6 Å². The Morgan fingerprint density at radius 3 is 2.86 bits per heavy atom. The fourth-order valence-electron chi connectivity index (χ4n) is 2.29. The first-order valence-corrected chi connectivity index (χ1v) is 8.11. The molecule has 3 aromatic rings. The van der Waals surface area contributed by atoms with Crippen LogP contribution in [0.3, 0.4) is 0 Å². The summed E-state index contributed by atoms with van der Waals surface area (Å²) in [5.41, 5.74) is 1.91. The van der Waals surface area contributed by atoms with E-state index in [-0.39, 0.29) is 11.6 Å². The lowest BCUT2D eigenvalue weighted by Crippen LogP contribution is -2.17. The summed E-state index contributed by atoms with van der Waals surface area (Å²) in [7, 11) is 0. The lowest BCUT2D eigenvalue weighted by molar-refractivity contribution is 0.702. The molecule has 22 heavy (non-hydrogen) atoms. The van der Waals surface area contributed by atoms with E-state index >= 15 is 0 Å². The smallest absolute Gasteiger partial charge is 0.275 e. The number of nitrogens with one attached hydrogen (secondary N) is 1. The number of fused-ring (bicyclic) bond motifs is 1. The summed E-state index contributed by atoms with van der Waals surface area (Å²) >= 11 is 1.41. The Bertz CT molecular complexity index is 825. The highest BCUT2D eigenvalue weighted by Crippen LogP contribution is 2.18. The van der Waals surface area contributed by atoms with Crippen LogP contribution in [0.25, 0.3) is 4.96 Å². The van der Waals surface area contributed by atoms with E-state index in [1.165, 1.54) is 27.5 Å². The SMILES string of the molecule is Cc1cc(=O)n2nc(N[C@@H](C)CCc3ccccc3)sc2n1. The minimum atomic E-state index is -0.135. The molecule has 0 saturated heterocycles. The van der Waals surface area contributed by atoms with E-state index < -0.39 is 0 Å². The Balaban J connectivity index is 1.67. The molecular weight excluding hydrogens is 296 g/mol. The number of aromatic nitrogens is 3. The van der Waals surface area contributed by atoms with Gasteiger partial charge in [0, 0.05) is 17.8 Å². The van der Waals surface area contributed by atoms with E-state index in [1.807, 2.05) is 13.0 Å². The lowest BCUT2D eigenvalue weighted by atomic mass is 10.1. The van der Waals surface area contributed by atoms with Crippen molar-refractivity contribution in [1.82, 2.24) is 14.6 Å². The normalized spacial score (nSPS) is 12.5. The van der Waals surface area contributed by atoms with E-state index in [1.54, 1.807) is 0 Å². The predicted octanol–water partition coefficient (Wildman–Crippen LogP) is 2.89. The number of nitrogens with zero attached hydrogens (tertiary/aromatic N) is 3. The summed E-state index contributed by atoms with van der Waals surface area (Å²) in [6, 6.07) is 12.2. The van der Waals surface area contributed by atoms with Gasteiger partial charge in [-0.3, -0.25) is 4.79 Å². The van der Waals surface area contributed by atoms with Gasteiger partial charge in [-0.25, -0.2) is 4.98 Å². The molecule has 2 aromatic heterocycles. The van der Waals surface area contributed by atoms with Gasteiger partial charge in [-0.05, 0) is 32.3 Å². The van der Waals surface area contributed by atoms with E-state index in [0.717, 1.165) is 23.7 Å². The number of hydrogen-bond donors (Lipinski definition) is 1. The van der Waals surface area contributed by atoms with Crippen molar-refractivity contribution in [2.24, 2.45) is 0 Å². The van der Waals surface area contributed by atoms with Crippen LogP contribution in [0.5, 0.6) is 0 Å². The first-order chi connectivity index (χ1) is 10.6. The van der Waals surface area contributed by atoms with Crippen LogP contribution in [-0.4, -0.2) is 20.6 Å². The molecule has 0 aliphatic heterocycles. The third kappa shape index (κ3) is 3.33. The zero-order chi connectivity index (χ0) is 15.5. The van der Waals surface area contributed by atoms with Gasteiger partial charge in [-0.15, -0.1) is 5.10 Å². The second kappa shape index (κ2) is 6.27. The third-order valence-electron chi connectivity index (χ3n) is 3.45. The van der Waals surface area contributed by atoms with Crippen molar-refractivity contribution in [3.63, 3.8) is 0 Å². The lowest BCUT2D eigenvalue weighted by Gasteiger charge is -2.12. The van der Waals surface area contributed by atoms with Crippen LogP contribution < -0.4 is 10.9 Å². The van der Waals surface area contributed by atoms with Crippen LogP contribution >= 0.6 is 11.3 Å². The van der Waals surface area contributed by atoms with Gasteiger partial charge in [0.2, 0.25) is 10.1 Å². The zero-order valence-electron chi connectivity index (χ0n) is 12.6. The summed E-state index contributed by atoms with van der Waals surface area (Å²) < 4.78 is 1.35. The molecule has 3 rings (SSSR count). The minimum absolute atomic E-state index is 0.135. The standard InChI is InChI=1S/C16H18N4OS/c1-11(8-9-13-6-4-3-5-7-13)17-15-19-20-14(21)10-12(2)18-16(20)22-15/h3-7,10-11H,8-9H2,1-2H3,(H,17,19)/t11-/m0/s1. The topological polar surface area (TPSA) is 59.3 Å². The molecule has 2 heterocycles. The molecule has 5 nitrogen and oxygen atoms in total. The van der Waals surface area contributed by atoms with Crippen molar-refractivity contribution in [3.8, 4) is 0 Å². The Hall–Kier alpha value is -2.21. The number of anilines is 1. The summed E-state index contributed by atoms with van der Waals surface area (Å²) in [4.78, 5) is 16.8. The van der Waals surface area contributed by atoms with Gasteiger partial charge < -0.3 is 5.32 Å². The number of aryl methyl sites for hydroxylation is 2.